The van der Waals surface area contributed by atoms with Crippen molar-refractivity contribution >= 4 is 0 Å². The van der Waals surface area contributed by atoms with E-state index in [2.05, 4.69) is 0 Å². The van der Waals surface area contributed by atoms with Crippen molar-refractivity contribution in [1.29, 1.82) is 0 Å². The van der Waals surface area contributed by atoms with Crippen LogP contribution in [0.15, 0.2) is 0 Å². The van der Waals surface area contributed by atoms with E-state index in [0.29, 0.717) is 11.8 Å². The Hall–Kier alpha value is -0.0800. The van der Waals surface area contributed by atoms with Gasteiger partial charge in [0.25, 0.3) is 0 Å². The van der Waals surface area contributed by atoms with Gasteiger partial charge in [-0.15, -0.1) is 0 Å². The predicted molar refractivity (Wildman–Crippen MR) is 69.1 cm³/mol. The molecule has 0 aromatic heterocycles. The van der Waals surface area contributed by atoms with Crippen LogP contribution in [0.1, 0.15) is 64.2 Å². The normalized spacial score (nSPS) is 28.9. The number of hydrogen-bond donors (Lipinski definition) is 2. The number of nitrogens with two attached hydrogens (primary N) is 2. The average molecular weight is 224 g/mol. The standard InChI is InChI=1S/C14H28N2/c15-13(11-7-3-1-4-8-11)14(16)12-9-5-2-6-10-12/h11-14H,1-10,15-16H2. The molecule has 2 heteroatoms. The summed E-state index contributed by atoms with van der Waals surface area (Å²) in [6.45, 7) is 0. The highest BCUT2D eigenvalue weighted by Crippen LogP contribution is 2.32. The maximum Gasteiger partial charge on any atom is 0.0223 e. The summed E-state index contributed by atoms with van der Waals surface area (Å²) in [5.74, 6) is 1.43. The highest BCUT2D eigenvalue weighted by Gasteiger charge is 2.30. The van der Waals surface area contributed by atoms with Gasteiger partial charge in [0.2, 0.25) is 0 Å². The highest BCUT2D eigenvalue weighted by atomic mass is 14.8. The van der Waals surface area contributed by atoms with Gasteiger partial charge >= 0.3 is 0 Å². The van der Waals surface area contributed by atoms with E-state index in [4.69, 9.17) is 11.5 Å². The Balaban J connectivity index is 1.84. The predicted octanol–water partition coefficient (Wildman–Crippen LogP) is 2.80. The van der Waals surface area contributed by atoms with Crippen LogP contribution in [-0.4, -0.2) is 12.1 Å². The molecule has 4 N–H and O–H groups in total. The van der Waals surface area contributed by atoms with Gasteiger partial charge in [0.05, 0.1) is 0 Å². The Labute approximate surface area is 100 Å². The van der Waals surface area contributed by atoms with Crippen LogP contribution >= 0.6 is 0 Å². The Bertz CT molecular complexity index is 171. The van der Waals surface area contributed by atoms with Gasteiger partial charge in [0, 0.05) is 12.1 Å². The van der Waals surface area contributed by atoms with Crippen LogP contribution < -0.4 is 11.5 Å². The lowest BCUT2D eigenvalue weighted by Crippen LogP contribution is -2.51. The summed E-state index contributed by atoms with van der Waals surface area (Å²) in [4.78, 5) is 0. The molecule has 2 aliphatic carbocycles. The van der Waals surface area contributed by atoms with E-state index in [1.54, 1.807) is 0 Å². The van der Waals surface area contributed by atoms with Crippen LogP contribution in [-0.2, 0) is 0 Å². The largest absolute Gasteiger partial charge is 0.326 e. The molecule has 2 saturated carbocycles. The monoisotopic (exact) mass is 224 g/mol. The van der Waals surface area contributed by atoms with Crippen LogP contribution in [0.5, 0.6) is 0 Å². The first-order valence-corrected chi connectivity index (χ1v) is 7.30. The smallest absolute Gasteiger partial charge is 0.0223 e. The second-order valence-corrected chi connectivity index (χ2v) is 5.95. The third-order valence-corrected chi connectivity index (χ3v) is 4.83. The maximum absolute atomic E-state index is 6.40. The topological polar surface area (TPSA) is 52.0 Å². The van der Waals surface area contributed by atoms with E-state index in [-0.39, 0.29) is 12.1 Å². The molecule has 0 spiro atoms. The van der Waals surface area contributed by atoms with E-state index in [1.807, 2.05) is 0 Å². The van der Waals surface area contributed by atoms with Crippen LogP contribution in [0.25, 0.3) is 0 Å². The molecule has 2 aliphatic rings. The van der Waals surface area contributed by atoms with Crippen LogP contribution in [0.4, 0.5) is 0 Å². The van der Waals surface area contributed by atoms with Gasteiger partial charge in [0.1, 0.15) is 0 Å². The summed E-state index contributed by atoms with van der Waals surface area (Å²) in [5.41, 5.74) is 12.8. The van der Waals surface area contributed by atoms with Gasteiger partial charge in [-0.25, -0.2) is 0 Å². The molecular weight excluding hydrogens is 196 g/mol. The van der Waals surface area contributed by atoms with E-state index in [0.717, 1.165) is 0 Å². The van der Waals surface area contributed by atoms with Crippen molar-refractivity contribution in [1.82, 2.24) is 0 Å². The Morgan fingerprint density at radius 2 is 0.875 bits per heavy atom. The fourth-order valence-corrected chi connectivity index (χ4v) is 3.67. The van der Waals surface area contributed by atoms with Gasteiger partial charge in [-0.1, -0.05) is 38.5 Å². The van der Waals surface area contributed by atoms with Crippen molar-refractivity contribution in [3.8, 4) is 0 Å². The summed E-state index contributed by atoms with van der Waals surface area (Å²) in [6.07, 6.45) is 13.6. The van der Waals surface area contributed by atoms with Crippen molar-refractivity contribution in [2.24, 2.45) is 23.3 Å². The molecule has 0 bridgehead atoms. The second-order valence-electron chi connectivity index (χ2n) is 5.95. The molecule has 2 fully saturated rings. The first-order valence-electron chi connectivity index (χ1n) is 7.30. The van der Waals surface area contributed by atoms with Gasteiger partial charge < -0.3 is 11.5 Å². The lowest BCUT2D eigenvalue weighted by atomic mass is 9.75. The first kappa shape index (κ1) is 12.4. The first-order chi connectivity index (χ1) is 7.79. The van der Waals surface area contributed by atoms with E-state index in [1.165, 1.54) is 64.2 Å². The fourth-order valence-electron chi connectivity index (χ4n) is 3.67. The van der Waals surface area contributed by atoms with E-state index < -0.39 is 0 Å². The Morgan fingerprint density at radius 3 is 1.19 bits per heavy atom. The molecule has 0 amide bonds. The molecule has 94 valence electrons. The Morgan fingerprint density at radius 1 is 0.562 bits per heavy atom. The average Bonchev–Trinajstić information content (AvgIpc) is 2.39. The molecule has 0 saturated heterocycles. The van der Waals surface area contributed by atoms with Gasteiger partial charge in [-0.2, -0.15) is 0 Å². The molecule has 0 aromatic carbocycles. The third kappa shape index (κ3) is 2.98. The van der Waals surface area contributed by atoms with Gasteiger partial charge in [-0.05, 0) is 37.5 Å². The molecule has 0 aromatic rings. The molecule has 2 rings (SSSR count). The van der Waals surface area contributed by atoms with E-state index in [9.17, 15) is 0 Å². The zero-order valence-electron chi connectivity index (χ0n) is 10.5. The molecule has 2 nitrogen and oxygen atoms in total. The summed E-state index contributed by atoms with van der Waals surface area (Å²) in [5, 5.41) is 0. The zero-order valence-corrected chi connectivity index (χ0v) is 10.5. The molecular formula is C14H28N2. The van der Waals surface area contributed by atoms with Crippen molar-refractivity contribution in [2.45, 2.75) is 76.3 Å². The lowest BCUT2D eigenvalue weighted by Gasteiger charge is -2.37. The van der Waals surface area contributed by atoms with E-state index >= 15 is 0 Å². The molecule has 2 unspecified atom stereocenters. The lowest BCUT2D eigenvalue weighted by molar-refractivity contribution is 0.210. The number of rotatable bonds is 3. The second kappa shape index (κ2) is 6.02. The van der Waals surface area contributed by atoms with Crippen molar-refractivity contribution in [3.63, 3.8) is 0 Å². The quantitative estimate of drug-likeness (QED) is 0.774. The van der Waals surface area contributed by atoms with Gasteiger partial charge in [-0.3, -0.25) is 0 Å². The minimum absolute atomic E-state index is 0.267. The molecule has 0 heterocycles. The SMILES string of the molecule is NC(C1CCCCC1)C(N)C1CCCCC1. The summed E-state index contributed by atoms with van der Waals surface area (Å²) >= 11 is 0. The molecule has 16 heavy (non-hydrogen) atoms. The fraction of sp³-hybridized carbons (Fsp3) is 1.00. The molecule has 0 aliphatic heterocycles. The maximum atomic E-state index is 6.40. The van der Waals surface area contributed by atoms with Crippen molar-refractivity contribution in [2.75, 3.05) is 0 Å². The van der Waals surface area contributed by atoms with Crippen molar-refractivity contribution < 1.29 is 0 Å². The Kier molecular flexibility index (Phi) is 4.66. The zero-order chi connectivity index (χ0) is 11.4. The van der Waals surface area contributed by atoms with Crippen LogP contribution in [0, 0.1) is 11.8 Å². The summed E-state index contributed by atoms with van der Waals surface area (Å²) in [6, 6.07) is 0.534. The van der Waals surface area contributed by atoms with Crippen molar-refractivity contribution in [3.05, 3.63) is 0 Å². The molecule has 2 atom stereocenters. The molecule has 0 radical (unpaired) electrons. The minimum atomic E-state index is 0.267. The van der Waals surface area contributed by atoms with Crippen LogP contribution in [0.2, 0.25) is 0 Å². The minimum Gasteiger partial charge on any atom is -0.326 e. The number of hydrogen-bond acceptors (Lipinski definition) is 2. The van der Waals surface area contributed by atoms with Gasteiger partial charge in [0.15, 0.2) is 0 Å². The van der Waals surface area contributed by atoms with Crippen LogP contribution in [0.3, 0.4) is 0 Å². The summed E-state index contributed by atoms with van der Waals surface area (Å²) < 4.78 is 0. The third-order valence-electron chi connectivity index (χ3n) is 4.83. The highest BCUT2D eigenvalue weighted by molar-refractivity contribution is 4.89. The summed E-state index contributed by atoms with van der Waals surface area (Å²) in [7, 11) is 0.